The van der Waals surface area contributed by atoms with Crippen molar-refractivity contribution < 1.29 is 4.74 Å². The summed E-state index contributed by atoms with van der Waals surface area (Å²) in [4.78, 5) is 4.66. The van der Waals surface area contributed by atoms with Gasteiger partial charge in [-0.3, -0.25) is 0 Å². The van der Waals surface area contributed by atoms with Crippen molar-refractivity contribution in [2.45, 2.75) is 77.5 Å². The second-order valence-electron chi connectivity index (χ2n) is 6.81. The molecule has 0 aromatic carbocycles. The summed E-state index contributed by atoms with van der Waals surface area (Å²) in [5.74, 6) is 1.69. The van der Waals surface area contributed by atoms with Crippen LogP contribution in [0.2, 0.25) is 0 Å². The summed E-state index contributed by atoms with van der Waals surface area (Å²) >= 11 is 0. The lowest BCUT2D eigenvalue weighted by Crippen LogP contribution is -2.23. The molecule has 0 radical (unpaired) electrons. The number of ether oxygens (including phenoxy) is 1. The molecule has 3 heteroatoms. The standard InChI is InChI=1S/C18H28N2O/c1-3-15-10-14(12-19-16-6-7-16)11-18(20-15)21-17-8-4-13(2)5-9-17/h10-11,13,16-17,19H,3-9,12H2,1-2H3. The average molecular weight is 288 g/mol. The minimum atomic E-state index is 0.366. The van der Waals surface area contributed by atoms with Gasteiger partial charge in [-0.1, -0.05) is 13.8 Å². The molecule has 1 N–H and O–H groups in total. The Morgan fingerprint density at radius 1 is 1.14 bits per heavy atom. The highest BCUT2D eigenvalue weighted by molar-refractivity contribution is 5.25. The van der Waals surface area contributed by atoms with E-state index in [0.29, 0.717) is 6.10 Å². The molecule has 0 saturated heterocycles. The van der Waals surface area contributed by atoms with Crippen molar-refractivity contribution in [1.29, 1.82) is 0 Å². The highest BCUT2D eigenvalue weighted by Crippen LogP contribution is 2.27. The number of hydrogen-bond acceptors (Lipinski definition) is 3. The van der Waals surface area contributed by atoms with Gasteiger partial charge in [0.1, 0.15) is 6.10 Å². The van der Waals surface area contributed by atoms with Crippen molar-refractivity contribution in [2.75, 3.05) is 0 Å². The van der Waals surface area contributed by atoms with Crippen molar-refractivity contribution in [3.8, 4) is 5.88 Å². The van der Waals surface area contributed by atoms with Gasteiger partial charge >= 0.3 is 0 Å². The maximum atomic E-state index is 6.17. The molecule has 0 unspecified atom stereocenters. The molecule has 0 bridgehead atoms. The Kier molecular flexibility index (Phi) is 4.79. The predicted molar refractivity (Wildman–Crippen MR) is 85.5 cm³/mol. The van der Waals surface area contributed by atoms with Crippen LogP contribution in [0.4, 0.5) is 0 Å². The average Bonchev–Trinajstić information content (AvgIpc) is 3.31. The summed E-state index contributed by atoms with van der Waals surface area (Å²) in [6, 6.07) is 5.09. The van der Waals surface area contributed by atoms with Crippen LogP contribution in [-0.2, 0) is 13.0 Å². The zero-order valence-electron chi connectivity index (χ0n) is 13.4. The smallest absolute Gasteiger partial charge is 0.214 e. The van der Waals surface area contributed by atoms with Gasteiger partial charge in [-0.25, -0.2) is 4.98 Å². The fraction of sp³-hybridized carbons (Fsp3) is 0.722. The molecule has 2 aliphatic carbocycles. The monoisotopic (exact) mass is 288 g/mol. The highest BCUT2D eigenvalue weighted by Gasteiger charge is 2.21. The summed E-state index contributed by atoms with van der Waals surface area (Å²) in [6.07, 6.45) is 8.91. The first kappa shape index (κ1) is 14.8. The summed E-state index contributed by atoms with van der Waals surface area (Å²) in [5.41, 5.74) is 2.46. The molecule has 1 heterocycles. The number of nitrogens with one attached hydrogen (secondary N) is 1. The maximum absolute atomic E-state index is 6.17. The second kappa shape index (κ2) is 6.78. The Bertz CT molecular complexity index is 462. The van der Waals surface area contributed by atoms with Crippen LogP contribution in [0.15, 0.2) is 12.1 Å². The summed E-state index contributed by atoms with van der Waals surface area (Å²) in [6.45, 7) is 5.44. The van der Waals surface area contributed by atoms with Crippen LogP contribution >= 0.6 is 0 Å². The largest absolute Gasteiger partial charge is 0.474 e. The summed E-state index contributed by atoms with van der Waals surface area (Å²) in [5, 5.41) is 3.58. The number of rotatable bonds is 6. The van der Waals surface area contributed by atoms with Gasteiger partial charge in [0.15, 0.2) is 0 Å². The van der Waals surface area contributed by atoms with Crippen LogP contribution in [-0.4, -0.2) is 17.1 Å². The zero-order chi connectivity index (χ0) is 14.7. The van der Waals surface area contributed by atoms with Crippen molar-refractivity contribution in [1.82, 2.24) is 10.3 Å². The van der Waals surface area contributed by atoms with E-state index in [4.69, 9.17) is 4.74 Å². The molecule has 2 fully saturated rings. The van der Waals surface area contributed by atoms with E-state index < -0.39 is 0 Å². The van der Waals surface area contributed by atoms with E-state index in [1.165, 1.54) is 44.1 Å². The van der Waals surface area contributed by atoms with Gasteiger partial charge < -0.3 is 10.1 Å². The van der Waals surface area contributed by atoms with Crippen LogP contribution in [0.1, 0.15) is 63.6 Å². The number of hydrogen-bond donors (Lipinski definition) is 1. The van der Waals surface area contributed by atoms with Crippen molar-refractivity contribution >= 4 is 0 Å². The van der Waals surface area contributed by atoms with Crippen LogP contribution in [0.5, 0.6) is 5.88 Å². The molecule has 3 nitrogen and oxygen atoms in total. The number of nitrogens with zero attached hydrogens (tertiary/aromatic N) is 1. The van der Waals surface area contributed by atoms with E-state index in [-0.39, 0.29) is 0 Å². The SMILES string of the molecule is CCc1cc(CNC2CC2)cc(OC2CCC(C)CC2)n1. The molecule has 3 rings (SSSR count). The fourth-order valence-electron chi connectivity index (χ4n) is 3.03. The molecule has 0 aliphatic heterocycles. The summed E-state index contributed by atoms with van der Waals surface area (Å²) in [7, 11) is 0. The third-order valence-electron chi connectivity index (χ3n) is 4.70. The molecular weight excluding hydrogens is 260 g/mol. The fourth-order valence-corrected chi connectivity index (χ4v) is 3.03. The normalized spacial score (nSPS) is 25.8. The minimum absolute atomic E-state index is 0.366. The third-order valence-corrected chi connectivity index (χ3v) is 4.70. The van der Waals surface area contributed by atoms with E-state index in [1.54, 1.807) is 0 Å². The van der Waals surface area contributed by atoms with Gasteiger partial charge in [-0.2, -0.15) is 0 Å². The van der Waals surface area contributed by atoms with Gasteiger partial charge in [0, 0.05) is 24.3 Å². The Balaban J connectivity index is 1.63. The Labute approximate surface area is 128 Å². The lowest BCUT2D eigenvalue weighted by Gasteiger charge is -2.26. The van der Waals surface area contributed by atoms with Crippen LogP contribution in [0.25, 0.3) is 0 Å². The molecule has 0 atom stereocenters. The van der Waals surface area contributed by atoms with Crippen LogP contribution in [0, 0.1) is 5.92 Å². The lowest BCUT2D eigenvalue weighted by molar-refractivity contribution is 0.130. The zero-order valence-corrected chi connectivity index (χ0v) is 13.4. The van der Waals surface area contributed by atoms with Gasteiger partial charge in [-0.15, -0.1) is 0 Å². The molecule has 2 saturated carbocycles. The van der Waals surface area contributed by atoms with E-state index in [1.807, 2.05) is 0 Å². The van der Waals surface area contributed by atoms with E-state index in [0.717, 1.165) is 36.5 Å². The molecule has 0 spiro atoms. The molecule has 2 aliphatic rings. The van der Waals surface area contributed by atoms with Gasteiger partial charge in [-0.05, 0) is 62.5 Å². The summed E-state index contributed by atoms with van der Waals surface area (Å²) < 4.78 is 6.17. The lowest BCUT2D eigenvalue weighted by atomic mass is 9.89. The molecule has 1 aromatic rings. The second-order valence-corrected chi connectivity index (χ2v) is 6.81. The molecular formula is C18H28N2O. The first-order chi connectivity index (χ1) is 10.2. The maximum Gasteiger partial charge on any atom is 0.214 e. The third kappa shape index (κ3) is 4.44. The first-order valence-corrected chi connectivity index (χ1v) is 8.63. The van der Waals surface area contributed by atoms with Crippen molar-refractivity contribution in [3.05, 3.63) is 23.4 Å². The predicted octanol–water partition coefficient (Wildman–Crippen LogP) is 3.85. The van der Waals surface area contributed by atoms with E-state index in [9.17, 15) is 0 Å². The van der Waals surface area contributed by atoms with Gasteiger partial charge in [0.25, 0.3) is 0 Å². The van der Waals surface area contributed by atoms with Crippen LogP contribution in [0.3, 0.4) is 0 Å². The first-order valence-electron chi connectivity index (χ1n) is 8.63. The Morgan fingerprint density at radius 2 is 1.90 bits per heavy atom. The molecule has 21 heavy (non-hydrogen) atoms. The van der Waals surface area contributed by atoms with Gasteiger partial charge in [0.05, 0.1) is 0 Å². The molecule has 0 amide bonds. The quantitative estimate of drug-likeness (QED) is 0.863. The minimum Gasteiger partial charge on any atom is -0.474 e. The molecule has 116 valence electrons. The topological polar surface area (TPSA) is 34.1 Å². The van der Waals surface area contributed by atoms with Gasteiger partial charge in [0.2, 0.25) is 5.88 Å². The number of pyridine rings is 1. The van der Waals surface area contributed by atoms with Crippen molar-refractivity contribution in [2.24, 2.45) is 5.92 Å². The Morgan fingerprint density at radius 3 is 2.57 bits per heavy atom. The van der Waals surface area contributed by atoms with E-state index >= 15 is 0 Å². The molecule has 1 aromatic heterocycles. The van der Waals surface area contributed by atoms with E-state index in [2.05, 4.69) is 36.3 Å². The Hall–Kier alpha value is -1.09. The number of aryl methyl sites for hydroxylation is 1. The highest BCUT2D eigenvalue weighted by atomic mass is 16.5. The van der Waals surface area contributed by atoms with Crippen LogP contribution < -0.4 is 10.1 Å². The number of aromatic nitrogens is 1. The van der Waals surface area contributed by atoms with Crippen molar-refractivity contribution in [3.63, 3.8) is 0 Å².